The molecule has 0 amide bonds. The zero-order chi connectivity index (χ0) is 11.3. The summed E-state index contributed by atoms with van der Waals surface area (Å²) in [7, 11) is 0. The van der Waals surface area contributed by atoms with Crippen LogP contribution in [0, 0.1) is 0 Å². The number of hydrogen-bond acceptors (Lipinski definition) is 3. The Morgan fingerprint density at radius 2 is 2.13 bits per heavy atom. The molecular weight excluding hydrogens is 300 g/mol. The Morgan fingerprint density at radius 3 is 2.67 bits per heavy atom. The quantitative estimate of drug-likeness (QED) is 0.482. The molecule has 0 N–H and O–H groups in total. The predicted molar refractivity (Wildman–Crippen MR) is 66.7 cm³/mol. The van der Waals surface area contributed by atoms with E-state index in [2.05, 4.69) is 15.9 Å². The minimum absolute atomic E-state index is 0.254. The Labute approximate surface area is 106 Å². The smallest absolute Gasteiger partial charge is 0.303 e. The van der Waals surface area contributed by atoms with Gasteiger partial charge in [0.1, 0.15) is 0 Å². The van der Waals surface area contributed by atoms with Crippen molar-refractivity contribution in [3.8, 4) is 0 Å². The molecule has 1 aromatic rings. The second kappa shape index (κ2) is 6.40. The second-order valence-electron chi connectivity index (χ2n) is 2.78. The minimum Gasteiger partial charge on any atom is -0.450 e. The van der Waals surface area contributed by atoms with Crippen molar-refractivity contribution in [3.63, 3.8) is 0 Å². The molecule has 1 atom stereocenters. The average molecular weight is 310 g/mol. The van der Waals surface area contributed by atoms with Gasteiger partial charge in [-0.3, -0.25) is 4.79 Å². The number of alkyl halides is 1. The fourth-order valence-electron chi connectivity index (χ4n) is 0.907. The molecule has 0 radical (unpaired) electrons. The number of benzene rings is 1. The number of ether oxygens (including phenoxy) is 1. The van der Waals surface area contributed by atoms with Crippen LogP contribution >= 0.6 is 39.3 Å². The Hall–Kier alpha value is -0.190. The zero-order valence-electron chi connectivity index (χ0n) is 8.07. The Morgan fingerprint density at radius 1 is 1.53 bits per heavy atom. The fourth-order valence-corrected chi connectivity index (χ4v) is 2.41. The molecule has 82 valence electrons. The van der Waals surface area contributed by atoms with Crippen molar-refractivity contribution in [2.45, 2.75) is 16.8 Å². The van der Waals surface area contributed by atoms with Crippen LogP contribution < -0.4 is 0 Å². The van der Waals surface area contributed by atoms with Crippen LogP contribution in [0.5, 0.6) is 0 Å². The van der Waals surface area contributed by atoms with E-state index in [1.54, 1.807) is 11.8 Å². The van der Waals surface area contributed by atoms with Crippen LogP contribution in [0.15, 0.2) is 29.2 Å². The van der Waals surface area contributed by atoms with Crippen molar-refractivity contribution < 1.29 is 9.53 Å². The minimum atomic E-state index is -0.284. The SMILES string of the molecule is CC(=O)OC(Br)CSc1ccc(Cl)cc1. The molecule has 1 rings (SSSR count). The number of thioether (sulfide) groups is 1. The Bertz CT molecular complexity index is 329. The molecule has 0 heterocycles. The molecule has 0 aliphatic carbocycles. The van der Waals surface area contributed by atoms with Crippen molar-refractivity contribution in [1.29, 1.82) is 0 Å². The molecule has 0 saturated carbocycles. The monoisotopic (exact) mass is 308 g/mol. The first-order valence-corrected chi connectivity index (χ1v) is 6.55. The molecule has 0 saturated heterocycles. The van der Waals surface area contributed by atoms with Gasteiger partial charge in [-0.2, -0.15) is 0 Å². The first kappa shape index (κ1) is 12.9. The third-order valence-corrected chi connectivity index (χ3v) is 3.75. The first-order chi connectivity index (χ1) is 7.08. The van der Waals surface area contributed by atoms with Crippen molar-refractivity contribution in [1.82, 2.24) is 0 Å². The van der Waals surface area contributed by atoms with E-state index in [0.717, 1.165) is 9.92 Å². The van der Waals surface area contributed by atoms with Crippen LogP contribution in [-0.4, -0.2) is 16.7 Å². The van der Waals surface area contributed by atoms with Gasteiger partial charge in [0.15, 0.2) is 5.01 Å². The third-order valence-electron chi connectivity index (χ3n) is 1.49. The molecule has 0 aliphatic rings. The van der Waals surface area contributed by atoms with E-state index in [-0.39, 0.29) is 11.0 Å². The number of carbonyl (C=O) groups is 1. The standard InChI is InChI=1S/C10H10BrClO2S/c1-7(13)14-10(11)6-15-9-4-2-8(12)3-5-9/h2-5,10H,6H2,1H3. The summed E-state index contributed by atoms with van der Waals surface area (Å²) in [6.45, 7) is 1.39. The average Bonchev–Trinajstić information content (AvgIpc) is 2.16. The number of carbonyl (C=O) groups excluding carboxylic acids is 1. The Balaban J connectivity index is 2.36. The Kier molecular flexibility index (Phi) is 5.50. The summed E-state index contributed by atoms with van der Waals surface area (Å²) in [5, 5.41) is 0.463. The van der Waals surface area contributed by atoms with Gasteiger partial charge in [-0.25, -0.2) is 0 Å². The summed E-state index contributed by atoms with van der Waals surface area (Å²) in [5.74, 6) is 0.384. The normalized spacial score (nSPS) is 12.2. The van der Waals surface area contributed by atoms with Crippen LogP contribution in [0.25, 0.3) is 0 Å². The molecule has 0 fully saturated rings. The molecular formula is C10H10BrClO2S. The van der Waals surface area contributed by atoms with Crippen LogP contribution in [0.2, 0.25) is 5.02 Å². The summed E-state index contributed by atoms with van der Waals surface area (Å²) in [4.78, 5) is 11.7. The molecule has 1 unspecified atom stereocenters. The molecule has 1 aromatic carbocycles. The van der Waals surface area contributed by atoms with Gasteiger partial charge in [0.2, 0.25) is 0 Å². The first-order valence-electron chi connectivity index (χ1n) is 4.27. The van der Waals surface area contributed by atoms with Crippen LogP contribution in [0.3, 0.4) is 0 Å². The fraction of sp³-hybridized carbons (Fsp3) is 0.300. The van der Waals surface area contributed by atoms with Crippen molar-refractivity contribution in [2.24, 2.45) is 0 Å². The molecule has 0 aliphatic heterocycles. The van der Waals surface area contributed by atoms with E-state index in [1.165, 1.54) is 6.92 Å². The lowest BCUT2D eigenvalue weighted by Gasteiger charge is -2.09. The molecule has 5 heteroatoms. The van der Waals surface area contributed by atoms with Crippen LogP contribution in [0.4, 0.5) is 0 Å². The van der Waals surface area contributed by atoms with Crippen LogP contribution in [-0.2, 0) is 9.53 Å². The second-order valence-corrected chi connectivity index (χ2v) is 5.34. The lowest BCUT2D eigenvalue weighted by Crippen LogP contribution is -2.11. The number of esters is 1. The third kappa shape index (κ3) is 5.44. The lowest BCUT2D eigenvalue weighted by molar-refractivity contribution is -0.141. The van der Waals surface area contributed by atoms with Gasteiger partial charge in [0.25, 0.3) is 0 Å². The summed E-state index contributed by atoms with van der Waals surface area (Å²) in [6, 6.07) is 7.53. The number of halogens is 2. The molecule has 2 nitrogen and oxygen atoms in total. The maximum Gasteiger partial charge on any atom is 0.303 e. The van der Waals surface area contributed by atoms with Gasteiger partial charge in [0, 0.05) is 22.6 Å². The number of rotatable bonds is 4. The molecule has 15 heavy (non-hydrogen) atoms. The largest absolute Gasteiger partial charge is 0.450 e. The van der Waals surface area contributed by atoms with Crippen molar-refractivity contribution in [2.75, 3.05) is 5.75 Å². The van der Waals surface area contributed by atoms with E-state index in [1.807, 2.05) is 24.3 Å². The van der Waals surface area contributed by atoms with Gasteiger partial charge in [-0.05, 0) is 40.2 Å². The highest BCUT2D eigenvalue weighted by molar-refractivity contribution is 9.09. The van der Waals surface area contributed by atoms with Crippen molar-refractivity contribution >= 4 is 45.3 Å². The van der Waals surface area contributed by atoms with Crippen LogP contribution in [0.1, 0.15) is 6.92 Å². The maximum absolute atomic E-state index is 10.6. The summed E-state index contributed by atoms with van der Waals surface area (Å²) in [6.07, 6.45) is 0. The predicted octanol–water partition coefficient (Wildman–Crippen LogP) is 3.72. The lowest BCUT2D eigenvalue weighted by atomic mass is 10.4. The topological polar surface area (TPSA) is 26.3 Å². The molecule has 0 aromatic heterocycles. The van der Waals surface area contributed by atoms with E-state index < -0.39 is 0 Å². The van der Waals surface area contributed by atoms with Gasteiger partial charge < -0.3 is 4.74 Å². The summed E-state index contributed by atoms with van der Waals surface area (Å²) in [5.41, 5.74) is 0. The molecule has 0 bridgehead atoms. The maximum atomic E-state index is 10.6. The van der Waals surface area contributed by atoms with E-state index in [0.29, 0.717) is 5.75 Å². The van der Waals surface area contributed by atoms with Crippen molar-refractivity contribution in [3.05, 3.63) is 29.3 Å². The van der Waals surface area contributed by atoms with Gasteiger partial charge in [0.05, 0.1) is 0 Å². The van der Waals surface area contributed by atoms with Gasteiger partial charge in [-0.1, -0.05) is 11.6 Å². The highest BCUT2D eigenvalue weighted by Gasteiger charge is 2.07. The van der Waals surface area contributed by atoms with E-state index in [4.69, 9.17) is 16.3 Å². The number of hydrogen-bond donors (Lipinski definition) is 0. The van der Waals surface area contributed by atoms with Gasteiger partial charge in [-0.15, -0.1) is 11.8 Å². The highest BCUT2D eigenvalue weighted by atomic mass is 79.9. The highest BCUT2D eigenvalue weighted by Crippen LogP contribution is 2.23. The summed E-state index contributed by atoms with van der Waals surface area (Å²) >= 11 is 10.6. The van der Waals surface area contributed by atoms with E-state index in [9.17, 15) is 4.79 Å². The van der Waals surface area contributed by atoms with E-state index >= 15 is 0 Å². The van der Waals surface area contributed by atoms with Gasteiger partial charge >= 0.3 is 5.97 Å². The summed E-state index contributed by atoms with van der Waals surface area (Å²) < 4.78 is 4.93. The zero-order valence-corrected chi connectivity index (χ0v) is 11.2. The molecule has 0 spiro atoms.